The molecule has 0 amide bonds. The summed E-state index contributed by atoms with van der Waals surface area (Å²) < 4.78 is 1.83. The molecule has 2 heterocycles. The number of ketones is 1. The number of carbonyl (C=O) groups excluding carboxylic acids is 1. The number of nitrogens with one attached hydrogen (secondary N) is 1. The lowest BCUT2D eigenvalue weighted by molar-refractivity contribution is 0.0902. The molecule has 1 fully saturated rings. The summed E-state index contributed by atoms with van der Waals surface area (Å²) in [5.41, 5.74) is 0.766. The van der Waals surface area contributed by atoms with Crippen molar-refractivity contribution in [2.45, 2.75) is 39.3 Å². The van der Waals surface area contributed by atoms with Crippen LogP contribution in [0.2, 0.25) is 0 Å². The average molecular weight is 221 g/mol. The molecule has 0 spiro atoms. The molecule has 0 aromatic carbocycles. The maximum Gasteiger partial charge on any atom is 0.185 e. The van der Waals surface area contributed by atoms with Crippen LogP contribution in [0.3, 0.4) is 0 Å². The van der Waals surface area contributed by atoms with E-state index in [1.165, 1.54) is 0 Å². The third kappa shape index (κ3) is 2.02. The SMILES string of the molecule is CCCn1nccc1C(=O)C1CCNC1C. The first-order chi connectivity index (χ1) is 7.74. The van der Waals surface area contributed by atoms with Crippen molar-refractivity contribution in [2.24, 2.45) is 5.92 Å². The quantitative estimate of drug-likeness (QED) is 0.783. The van der Waals surface area contributed by atoms with Gasteiger partial charge in [0, 0.05) is 24.7 Å². The van der Waals surface area contributed by atoms with Crippen molar-refractivity contribution < 1.29 is 4.79 Å². The molecule has 2 rings (SSSR count). The smallest absolute Gasteiger partial charge is 0.185 e. The highest BCUT2D eigenvalue weighted by atomic mass is 16.1. The summed E-state index contributed by atoms with van der Waals surface area (Å²) >= 11 is 0. The van der Waals surface area contributed by atoms with Gasteiger partial charge in [-0.1, -0.05) is 6.92 Å². The highest BCUT2D eigenvalue weighted by Crippen LogP contribution is 2.20. The van der Waals surface area contributed by atoms with Crippen molar-refractivity contribution >= 4 is 5.78 Å². The van der Waals surface area contributed by atoms with Crippen LogP contribution >= 0.6 is 0 Å². The van der Waals surface area contributed by atoms with Crippen LogP contribution in [-0.2, 0) is 6.54 Å². The number of hydrogen-bond acceptors (Lipinski definition) is 3. The van der Waals surface area contributed by atoms with Gasteiger partial charge in [0.1, 0.15) is 5.69 Å². The Kier molecular flexibility index (Phi) is 3.39. The minimum absolute atomic E-state index is 0.118. The Morgan fingerprint density at radius 3 is 3.12 bits per heavy atom. The van der Waals surface area contributed by atoms with Gasteiger partial charge >= 0.3 is 0 Å². The van der Waals surface area contributed by atoms with Crippen LogP contribution in [0.1, 0.15) is 37.2 Å². The lowest BCUT2D eigenvalue weighted by atomic mass is 9.95. The molecule has 1 aliphatic rings. The minimum atomic E-state index is 0.118. The van der Waals surface area contributed by atoms with E-state index in [0.29, 0.717) is 0 Å². The molecule has 1 aromatic rings. The fourth-order valence-corrected chi connectivity index (χ4v) is 2.34. The Hall–Kier alpha value is -1.16. The van der Waals surface area contributed by atoms with Gasteiger partial charge in [-0.3, -0.25) is 9.48 Å². The number of hydrogen-bond donors (Lipinski definition) is 1. The predicted molar refractivity (Wildman–Crippen MR) is 62.4 cm³/mol. The van der Waals surface area contributed by atoms with Gasteiger partial charge in [0.2, 0.25) is 0 Å². The van der Waals surface area contributed by atoms with E-state index in [4.69, 9.17) is 0 Å². The minimum Gasteiger partial charge on any atom is -0.313 e. The molecule has 0 bridgehead atoms. The van der Waals surface area contributed by atoms with Gasteiger partial charge in [0.15, 0.2) is 5.78 Å². The van der Waals surface area contributed by atoms with Gasteiger partial charge in [0.25, 0.3) is 0 Å². The lowest BCUT2D eigenvalue weighted by Crippen LogP contribution is -2.29. The fraction of sp³-hybridized carbons (Fsp3) is 0.667. The van der Waals surface area contributed by atoms with Gasteiger partial charge in [0.05, 0.1) is 0 Å². The van der Waals surface area contributed by atoms with Gasteiger partial charge in [-0.15, -0.1) is 0 Å². The maximum atomic E-state index is 12.3. The van der Waals surface area contributed by atoms with Gasteiger partial charge in [-0.2, -0.15) is 5.10 Å². The molecule has 16 heavy (non-hydrogen) atoms. The first kappa shape index (κ1) is 11.3. The van der Waals surface area contributed by atoms with Crippen LogP contribution in [-0.4, -0.2) is 28.2 Å². The van der Waals surface area contributed by atoms with E-state index in [1.807, 2.05) is 10.7 Å². The topological polar surface area (TPSA) is 46.9 Å². The summed E-state index contributed by atoms with van der Waals surface area (Å²) in [4.78, 5) is 12.3. The molecule has 88 valence electrons. The third-order valence-electron chi connectivity index (χ3n) is 3.27. The van der Waals surface area contributed by atoms with E-state index in [1.54, 1.807) is 6.20 Å². The van der Waals surface area contributed by atoms with Crippen molar-refractivity contribution in [1.29, 1.82) is 0 Å². The van der Waals surface area contributed by atoms with Crippen molar-refractivity contribution in [2.75, 3.05) is 6.54 Å². The number of nitrogens with zero attached hydrogens (tertiary/aromatic N) is 2. The maximum absolute atomic E-state index is 12.3. The van der Waals surface area contributed by atoms with Crippen LogP contribution in [0.15, 0.2) is 12.3 Å². The van der Waals surface area contributed by atoms with Gasteiger partial charge in [-0.25, -0.2) is 0 Å². The largest absolute Gasteiger partial charge is 0.313 e. The third-order valence-corrected chi connectivity index (χ3v) is 3.27. The van der Waals surface area contributed by atoms with E-state index in [2.05, 4.69) is 24.3 Å². The van der Waals surface area contributed by atoms with Crippen LogP contribution < -0.4 is 5.32 Å². The Labute approximate surface area is 96.0 Å². The standard InChI is InChI=1S/C12H19N3O/c1-3-8-15-11(5-7-14-15)12(16)10-4-6-13-9(10)2/h5,7,9-10,13H,3-4,6,8H2,1-2H3. The zero-order valence-corrected chi connectivity index (χ0v) is 9.94. The molecule has 4 heteroatoms. The Balaban J connectivity index is 2.16. The molecule has 4 nitrogen and oxygen atoms in total. The van der Waals surface area contributed by atoms with Crippen molar-refractivity contribution in [1.82, 2.24) is 15.1 Å². The molecular formula is C12H19N3O. The molecule has 1 aliphatic heterocycles. The predicted octanol–water partition coefficient (Wildman–Crippen LogP) is 1.47. The number of aromatic nitrogens is 2. The average Bonchev–Trinajstić information content (AvgIpc) is 2.87. The second-order valence-electron chi connectivity index (χ2n) is 4.44. The fourth-order valence-electron chi connectivity index (χ4n) is 2.34. The second kappa shape index (κ2) is 4.78. The highest BCUT2D eigenvalue weighted by Gasteiger charge is 2.31. The van der Waals surface area contributed by atoms with Gasteiger partial charge < -0.3 is 5.32 Å². The Bertz CT molecular complexity index is 372. The van der Waals surface area contributed by atoms with Crippen molar-refractivity contribution in [3.63, 3.8) is 0 Å². The highest BCUT2D eigenvalue weighted by molar-refractivity contribution is 5.96. The molecule has 0 radical (unpaired) electrons. The molecule has 1 saturated heterocycles. The second-order valence-corrected chi connectivity index (χ2v) is 4.44. The molecule has 1 aromatic heterocycles. The molecular weight excluding hydrogens is 202 g/mol. The first-order valence-corrected chi connectivity index (χ1v) is 6.03. The Morgan fingerprint density at radius 1 is 1.69 bits per heavy atom. The van der Waals surface area contributed by atoms with Crippen molar-refractivity contribution in [3.8, 4) is 0 Å². The summed E-state index contributed by atoms with van der Waals surface area (Å²) in [5, 5.41) is 7.51. The number of aryl methyl sites for hydroxylation is 1. The number of rotatable bonds is 4. The summed E-state index contributed by atoms with van der Waals surface area (Å²) in [6.07, 6.45) is 3.66. The summed E-state index contributed by atoms with van der Waals surface area (Å²) in [5.74, 6) is 0.357. The van der Waals surface area contributed by atoms with E-state index in [0.717, 1.165) is 31.6 Å². The summed E-state index contributed by atoms with van der Waals surface area (Å²) in [7, 11) is 0. The monoisotopic (exact) mass is 221 g/mol. The van der Waals surface area contributed by atoms with E-state index < -0.39 is 0 Å². The van der Waals surface area contributed by atoms with Crippen LogP contribution in [0.25, 0.3) is 0 Å². The molecule has 1 N–H and O–H groups in total. The van der Waals surface area contributed by atoms with E-state index in [-0.39, 0.29) is 17.7 Å². The lowest BCUT2D eigenvalue weighted by Gasteiger charge is -2.14. The summed E-state index contributed by atoms with van der Waals surface area (Å²) in [6, 6.07) is 2.13. The van der Waals surface area contributed by atoms with E-state index in [9.17, 15) is 4.79 Å². The van der Waals surface area contributed by atoms with Crippen LogP contribution in [0.5, 0.6) is 0 Å². The normalized spacial score (nSPS) is 24.9. The summed E-state index contributed by atoms with van der Waals surface area (Å²) in [6.45, 7) is 5.94. The molecule has 0 saturated carbocycles. The van der Waals surface area contributed by atoms with Crippen LogP contribution in [0.4, 0.5) is 0 Å². The Morgan fingerprint density at radius 2 is 2.50 bits per heavy atom. The number of carbonyl (C=O) groups is 1. The van der Waals surface area contributed by atoms with Crippen molar-refractivity contribution in [3.05, 3.63) is 18.0 Å². The van der Waals surface area contributed by atoms with Crippen LogP contribution in [0, 0.1) is 5.92 Å². The number of Topliss-reactive ketones (excluding diaryl/α,β-unsaturated/α-hetero) is 1. The zero-order chi connectivity index (χ0) is 11.5. The molecule has 2 unspecified atom stereocenters. The first-order valence-electron chi connectivity index (χ1n) is 6.03. The zero-order valence-electron chi connectivity index (χ0n) is 9.94. The molecule has 0 aliphatic carbocycles. The van der Waals surface area contributed by atoms with Gasteiger partial charge in [-0.05, 0) is 32.4 Å². The van der Waals surface area contributed by atoms with E-state index >= 15 is 0 Å². The molecule has 2 atom stereocenters.